The van der Waals surface area contributed by atoms with Crippen molar-refractivity contribution in [3.8, 4) is 5.75 Å². The third-order valence-electron chi connectivity index (χ3n) is 2.81. The maximum Gasteiger partial charge on any atom is 0.337 e. The summed E-state index contributed by atoms with van der Waals surface area (Å²) in [7, 11) is 1.47. The lowest BCUT2D eigenvalue weighted by Crippen LogP contribution is -2.15. The first kappa shape index (κ1) is 15.1. The lowest BCUT2D eigenvalue weighted by atomic mass is 10.1. The number of carbonyl (C=O) groups excluding carboxylic acids is 1. The second kappa shape index (κ2) is 6.41. The number of carboxylic acids is 1. The van der Waals surface area contributed by atoms with Crippen LogP contribution in [0.5, 0.6) is 5.75 Å². The number of aromatic carboxylic acids is 1. The van der Waals surface area contributed by atoms with Crippen LogP contribution < -0.4 is 10.1 Å². The van der Waals surface area contributed by atoms with E-state index in [0.29, 0.717) is 15.8 Å². The molecule has 5 nitrogen and oxygen atoms in total. The summed E-state index contributed by atoms with van der Waals surface area (Å²) in [6, 6.07) is 11.3. The molecule has 2 aromatic rings. The number of carbonyl (C=O) groups is 2. The van der Waals surface area contributed by atoms with Gasteiger partial charge in [-0.2, -0.15) is 0 Å². The van der Waals surface area contributed by atoms with Crippen molar-refractivity contribution in [2.75, 3.05) is 12.4 Å². The van der Waals surface area contributed by atoms with Gasteiger partial charge >= 0.3 is 5.97 Å². The molecule has 21 heavy (non-hydrogen) atoms. The molecule has 0 aliphatic heterocycles. The standard InChI is InChI=1S/C15H12BrNO4/c1-21-13-5-3-2-4-11(13)14(18)17-12-8-9(16)6-7-10(12)15(19)20/h2-8H,1H3,(H,17,18)(H,19,20). The Morgan fingerprint density at radius 1 is 1.14 bits per heavy atom. The molecule has 0 heterocycles. The highest BCUT2D eigenvalue weighted by atomic mass is 79.9. The average molecular weight is 350 g/mol. The van der Waals surface area contributed by atoms with Gasteiger partial charge in [0.05, 0.1) is 23.9 Å². The SMILES string of the molecule is COc1ccccc1C(=O)Nc1cc(Br)ccc1C(=O)O. The van der Waals surface area contributed by atoms with Crippen molar-refractivity contribution >= 4 is 33.5 Å². The highest BCUT2D eigenvalue weighted by Gasteiger charge is 2.16. The molecule has 0 atom stereocenters. The van der Waals surface area contributed by atoms with Gasteiger partial charge in [-0.25, -0.2) is 4.79 Å². The number of methoxy groups -OCH3 is 1. The number of hydrogen-bond acceptors (Lipinski definition) is 3. The number of benzene rings is 2. The van der Waals surface area contributed by atoms with Gasteiger partial charge in [0.25, 0.3) is 5.91 Å². The van der Waals surface area contributed by atoms with Crippen molar-refractivity contribution in [1.29, 1.82) is 0 Å². The molecule has 0 saturated heterocycles. The zero-order chi connectivity index (χ0) is 15.4. The fourth-order valence-corrected chi connectivity index (χ4v) is 2.19. The number of para-hydroxylation sites is 1. The quantitative estimate of drug-likeness (QED) is 0.886. The van der Waals surface area contributed by atoms with E-state index in [9.17, 15) is 9.59 Å². The second-order valence-corrected chi connectivity index (χ2v) is 5.07. The molecule has 1 amide bonds. The van der Waals surface area contributed by atoms with Crippen LogP contribution >= 0.6 is 15.9 Å². The monoisotopic (exact) mass is 349 g/mol. The van der Waals surface area contributed by atoms with E-state index in [-0.39, 0.29) is 11.3 Å². The van der Waals surface area contributed by atoms with Gasteiger partial charge in [0.15, 0.2) is 0 Å². The van der Waals surface area contributed by atoms with Crippen LogP contribution in [0.4, 0.5) is 5.69 Å². The normalized spacial score (nSPS) is 10.0. The molecule has 108 valence electrons. The third-order valence-corrected chi connectivity index (χ3v) is 3.31. The van der Waals surface area contributed by atoms with Crippen LogP contribution in [0.15, 0.2) is 46.9 Å². The molecule has 0 aromatic heterocycles. The topological polar surface area (TPSA) is 75.6 Å². The Labute approximate surface area is 129 Å². The van der Waals surface area contributed by atoms with Gasteiger partial charge in [-0.1, -0.05) is 28.1 Å². The molecule has 2 rings (SSSR count). The van der Waals surface area contributed by atoms with Crippen molar-refractivity contribution in [2.24, 2.45) is 0 Å². The predicted molar refractivity (Wildman–Crippen MR) is 82.0 cm³/mol. The Balaban J connectivity index is 2.36. The minimum Gasteiger partial charge on any atom is -0.496 e. The van der Waals surface area contributed by atoms with E-state index in [1.54, 1.807) is 30.3 Å². The van der Waals surface area contributed by atoms with Gasteiger partial charge in [-0.3, -0.25) is 4.79 Å². The van der Waals surface area contributed by atoms with Crippen LogP contribution in [0.25, 0.3) is 0 Å². The number of rotatable bonds is 4. The molecule has 2 aromatic carbocycles. The fraction of sp³-hybridized carbons (Fsp3) is 0.0667. The summed E-state index contributed by atoms with van der Waals surface area (Å²) in [5.74, 6) is -1.13. The molecule has 6 heteroatoms. The summed E-state index contributed by atoms with van der Waals surface area (Å²) >= 11 is 3.25. The van der Waals surface area contributed by atoms with Crippen molar-refractivity contribution in [1.82, 2.24) is 0 Å². The van der Waals surface area contributed by atoms with Crippen LogP contribution in [0, 0.1) is 0 Å². The summed E-state index contributed by atoms with van der Waals surface area (Å²) in [5, 5.41) is 11.7. The minimum absolute atomic E-state index is 0.0152. The van der Waals surface area contributed by atoms with Crippen LogP contribution in [-0.2, 0) is 0 Å². The van der Waals surface area contributed by atoms with Crippen molar-refractivity contribution in [3.05, 3.63) is 58.1 Å². The van der Waals surface area contributed by atoms with Gasteiger partial charge in [-0.15, -0.1) is 0 Å². The Morgan fingerprint density at radius 3 is 2.52 bits per heavy atom. The Morgan fingerprint density at radius 2 is 1.86 bits per heavy atom. The van der Waals surface area contributed by atoms with Crippen molar-refractivity contribution < 1.29 is 19.4 Å². The summed E-state index contributed by atoms with van der Waals surface area (Å²) in [6.45, 7) is 0. The number of halogens is 1. The van der Waals surface area contributed by atoms with E-state index in [4.69, 9.17) is 9.84 Å². The Kier molecular flexibility index (Phi) is 4.59. The van der Waals surface area contributed by atoms with Gasteiger partial charge in [0.1, 0.15) is 5.75 Å². The molecule has 0 spiro atoms. The second-order valence-electron chi connectivity index (χ2n) is 4.15. The van der Waals surface area contributed by atoms with Gasteiger partial charge in [0, 0.05) is 4.47 Å². The fourth-order valence-electron chi connectivity index (χ4n) is 1.83. The molecule has 0 bridgehead atoms. The van der Waals surface area contributed by atoms with Crippen LogP contribution in [0.3, 0.4) is 0 Å². The van der Waals surface area contributed by atoms with Crippen LogP contribution in [-0.4, -0.2) is 24.1 Å². The number of hydrogen-bond donors (Lipinski definition) is 2. The summed E-state index contributed by atoms with van der Waals surface area (Å²) in [4.78, 5) is 23.5. The van der Waals surface area contributed by atoms with Crippen molar-refractivity contribution in [3.63, 3.8) is 0 Å². The highest BCUT2D eigenvalue weighted by molar-refractivity contribution is 9.10. The van der Waals surface area contributed by atoms with Crippen LogP contribution in [0.1, 0.15) is 20.7 Å². The van der Waals surface area contributed by atoms with E-state index in [2.05, 4.69) is 21.2 Å². The number of carboxylic acid groups (broad SMARTS) is 1. The van der Waals surface area contributed by atoms with Crippen molar-refractivity contribution in [2.45, 2.75) is 0 Å². The van der Waals surface area contributed by atoms with E-state index in [1.807, 2.05) is 0 Å². The van der Waals surface area contributed by atoms with Gasteiger partial charge in [0.2, 0.25) is 0 Å². The Bertz CT molecular complexity index is 700. The highest BCUT2D eigenvalue weighted by Crippen LogP contribution is 2.24. The number of ether oxygens (including phenoxy) is 1. The van der Waals surface area contributed by atoms with Gasteiger partial charge < -0.3 is 15.2 Å². The zero-order valence-electron chi connectivity index (χ0n) is 11.1. The van der Waals surface area contributed by atoms with E-state index >= 15 is 0 Å². The Hall–Kier alpha value is -2.34. The molecule has 2 N–H and O–H groups in total. The smallest absolute Gasteiger partial charge is 0.337 e. The van der Waals surface area contributed by atoms with E-state index in [1.165, 1.54) is 19.2 Å². The zero-order valence-corrected chi connectivity index (χ0v) is 12.7. The number of anilines is 1. The van der Waals surface area contributed by atoms with Crippen LogP contribution in [0.2, 0.25) is 0 Å². The molecule has 0 aliphatic rings. The number of nitrogens with one attached hydrogen (secondary N) is 1. The average Bonchev–Trinajstić information content (AvgIpc) is 2.46. The third kappa shape index (κ3) is 3.41. The molecular formula is C15H12BrNO4. The summed E-state index contributed by atoms with van der Waals surface area (Å²) in [6.07, 6.45) is 0. The van der Waals surface area contributed by atoms with Gasteiger partial charge in [-0.05, 0) is 30.3 Å². The minimum atomic E-state index is -1.11. The summed E-state index contributed by atoms with van der Waals surface area (Å²) < 4.78 is 5.79. The van der Waals surface area contributed by atoms with E-state index < -0.39 is 11.9 Å². The lowest BCUT2D eigenvalue weighted by Gasteiger charge is -2.11. The molecular weight excluding hydrogens is 338 g/mol. The van der Waals surface area contributed by atoms with E-state index in [0.717, 1.165) is 0 Å². The largest absolute Gasteiger partial charge is 0.496 e. The molecule has 0 aliphatic carbocycles. The first-order valence-electron chi connectivity index (χ1n) is 6.00. The maximum absolute atomic E-state index is 12.3. The molecule has 0 fully saturated rings. The first-order chi connectivity index (χ1) is 10.0. The molecule has 0 radical (unpaired) electrons. The summed E-state index contributed by atoms with van der Waals surface area (Å²) in [5.41, 5.74) is 0.561. The molecule has 0 saturated carbocycles. The molecule has 0 unspecified atom stereocenters. The number of amides is 1. The maximum atomic E-state index is 12.3. The lowest BCUT2D eigenvalue weighted by molar-refractivity contribution is 0.0698. The first-order valence-corrected chi connectivity index (χ1v) is 6.79. The predicted octanol–water partition coefficient (Wildman–Crippen LogP) is 3.41.